The molecule has 0 saturated heterocycles. The summed E-state index contributed by atoms with van der Waals surface area (Å²) in [5.74, 6) is 1.20. The molecule has 0 aliphatic carbocycles. The van der Waals surface area contributed by atoms with Gasteiger partial charge in [0.15, 0.2) is 11.5 Å². The number of hydrazone groups is 1. The second-order valence-corrected chi connectivity index (χ2v) is 6.58. The summed E-state index contributed by atoms with van der Waals surface area (Å²) < 4.78 is 11.9. The van der Waals surface area contributed by atoms with Crippen molar-refractivity contribution in [3.05, 3.63) is 56.7 Å². The first-order chi connectivity index (χ1) is 12.0. The van der Waals surface area contributed by atoms with Crippen molar-refractivity contribution in [3.63, 3.8) is 0 Å². The lowest BCUT2D eigenvalue weighted by atomic mass is 10.1. The molecule has 1 amide bonds. The molecule has 0 unspecified atom stereocenters. The molecule has 0 heterocycles. The predicted octanol–water partition coefficient (Wildman–Crippen LogP) is 3.70. The van der Waals surface area contributed by atoms with Gasteiger partial charge in [-0.05, 0) is 59.7 Å². The van der Waals surface area contributed by atoms with E-state index < -0.39 is 0 Å². The minimum Gasteiger partial charge on any atom is -0.492 e. The van der Waals surface area contributed by atoms with Crippen LogP contribution in [0.4, 0.5) is 0 Å². The molecule has 2 aromatic rings. The molecule has 1 N–H and O–H groups in total. The van der Waals surface area contributed by atoms with Crippen molar-refractivity contribution in [3.8, 4) is 11.5 Å². The highest BCUT2D eigenvalue weighted by molar-refractivity contribution is 14.1. The number of carbonyl (C=O) groups excluding carboxylic acids is 1. The number of amides is 1. The second-order valence-electron chi connectivity index (χ2n) is 5.42. The Morgan fingerprint density at radius 2 is 2.00 bits per heavy atom. The molecule has 25 heavy (non-hydrogen) atoms. The van der Waals surface area contributed by atoms with E-state index in [0.717, 1.165) is 14.7 Å². The summed E-state index contributed by atoms with van der Waals surface area (Å²) in [5.41, 5.74) is 5.50. The number of nitrogens with one attached hydrogen (secondary N) is 1. The molecule has 0 spiro atoms. The average Bonchev–Trinajstić information content (AvgIpc) is 2.57. The van der Waals surface area contributed by atoms with Gasteiger partial charge >= 0.3 is 0 Å². The van der Waals surface area contributed by atoms with E-state index >= 15 is 0 Å². The highest BCUT2D eigenvalue weighted by atomic mass is 127. The van der Waals surface area contributed by atoms with Crippen LogP contribution in [0.5, 0.6) is 11.5 Å². The van der Waals surface area contributed by atoms with E-state index in [1.165, 1.54) is 5.56 Å². The molecule has 0 fully saturated rings. The molecular formula is C19H21IN2O3. The van der Waals surface area contributed by atoms with Gasteiger partial charge in [-0.25, -0.2) is 5.43 Å². The average molecular weight is 452 g/mol. The smallest absolute Gasteiger partial charge is 0.244 e. The van der Waals surface area contributed by atoms with Crippen molar-refractivity contribution in [2.75, 3.05) is 13.7 Å². The van der Waals surface area contributed by atoms with Crippen LogP contribution in [0, 0.1) is 10.5 Å². The monoisotopic (exact) mass is 452 g/mol. The first-order valence-corrected chi connectivity index (χ1v) is 8.99. The molecule has 0 bridgehead atoms. The van der Waals surface area contributed by atoms with E-state index in [1.54, 1.807) is 13.3 Å². The molecule has 0 aliphatic rings. The maximum absolute atomic E-state index is 12.0. The van der Waals surface area contributed by atoms with Crippen LogP contribution in [-0.2, 0) is 11.2 Å². The lowest BCUT2D eigenvalue weighted by molar-refractivity contribution is -0.120. The molecule has 0 radical (unpaired) electrons. The van der Waals surface area contributed by atoms with Crippen LogP contribution >= 0.6 is 22.6 Å². The van der Waals surface area contributed by atoms with Crippen molar-refractivity contribution in [1.82, 2.24) is 5.43 Å². The number of rotatable bonds is 7. The molecule has 2 rings (SSSR count). The highest BCUT2D eigenvalue weighted by Gasteiger charge is 2.10. The first-order valence-electron chi connectivity index (χ1n) is 7.91. The summed E-state index contributed by atoms with van der Waals surface area (Å²) in [7, 11) is 1.61. The summed E-state index contributed by atoms with van der Waals surface area (Å²) >= 11 is 2.18. The van der Waals surface area contributed by atoms with E-state index in [-0.39, 0.29) is 5.91 Å². The van der Waals surface area contributed by atoms with Gasteiger partial charge in [0, 0.05) is 0 Å². The molecule has 0 aliphatic heterocycles. The standard InChI is InChI=1S/C19H21IN2O3/c1-4-25-17-10-15(9-16(20)19(17)24-3)12-21-22-18(23)11-14-7-5-13(2)6-8-14/h5-10,12H,4,11H2,1-3H3,(H,22,23)/b21-12+. The molecule has 0 aromatic heterocycles. The minimum atomic E-state index is -0.159. The van der Waals surface area contributed by atoms with Crippen LogP contribution in [0.25, 0.3) is 0 Å². The summed E-state index contributed by atoms with van der Waals surface area (Å²) in [6, 6.07) is 11.6. The normalized spacial score (nSPS) is 10.7. The number of carbonyl (C=O) groups is 1. The summed E-state index contributed by atoms with van der Waals surface area (Å²) in [5, 5.41) is 4.03. The van der Waals surface area contributed by atoms with Crippen LogP contribution in [0.1, 0.15) is 23.6 Å². The number of aryl methyl sites for hydroxylation is 1. The summed E-state index contributed by atoms with van der Waals surface area (Å²) in [4.78, 5) is 12.0. The minimum absolute atomic E-state index is 0.159. The molecular weight excluding hydrogens is 431 g/mol. The van der Waals surface area contributed by atoms with Gasteiger partial charge < -0.3 is 9.47 Å². The summed E-state index contributed by atoms with van der Waals surface area (Å²) in [6.07, 6.45) is 1.89. The zero-order valence-electron chi connectivity index (χ0n) is 14.5. The fraction of sp³-hybridized carbons (Fsp3) is 0.263. The number of halogens is 1. The van der Waals surface area contributed by atoms with E-state index in [4.69, 9.17) is 9.47 Å². The molecule has 132 valence electrons. The Morgan fingerprint density at radius 3 is 2.64 bits per heavy atom. The van der Waals surface area contributed by atoms with E-state index in [0.29, 0.717) is 24.5 Å². The Bertz CT molecular complexity index is 758. The van der Waals surface area contributed by atoms with E-state index in [1.807, 2.05) is 50.2 Å². The third-order valence-electron chi connectivity index (χ3n) is 3.42. The Labute approximate surface area is 161 Å². The maximum atomic E-state index is 12.0. The van der Waals surface area contributed by atoms with Gasteiger partial charge in [0.05, 0.1) is 29.9 Å². The number of hydrogen-bond donors (Lipinski definition) is 1. The quantitative estimate of drug-likeness (QED) is 0.396. The van der Waals surface area contributed by atoms with Crippen molar-refractivity contribution >= 4 is 34.7 Å². The van der Waals surface area contributed by atoms with Gasteiger partial charge in [0.25, 0.3) is 0 Å². The van der Waals surface area contributed by atoms with Crippen LogP contribution in [0.3, 0.4) is 0 Å². The third kappa shape index (κ3) is 5.74. The van der Waals surface area contributed by atoms with Crippen molar-refractivity contribution in [2.45, 2.75) is 20.3 Å². The van der Waals surface area contributed by atoms with Gasteiger partial charge in [0.1, 0.15) is 0 Å². The SMILES string of the molecule is CCOc1cc(/C=N/NC(=O)Cc2ccc(C)cc2)cc(I)c1OC. The number of benzene rings is 2. The Balaban J connectivity index is 2.01. The largest absolute Gasteiger partial charge is 0.492 e. The Hall–Kier alpha value is -2.09. The lowest BCUT2D eigenvalue weighted by Gasteiger charge is -2.11. The van der Waals surface area contributed by atoms with Crippen LogP contribution < -0.4 is 14.9 Å². The van der Waals surface area contributed by atoms with E-state index in [9.17, 15) is 4.79 Å². The Kier molecular flexibility index (Phi) is 7.24. The van der Waals surface area contributed by atoms with Crippen LogP contribution in [0.2, 0.25) is 0 Å². The third-order valence-corrected chi connectivity index (χ3v) is 4.23. The van der Waals surface area contributed by atoms with E-state index in [2.05, 4.69) is 33.1 Å². The van der Waals surface area contributed by atoms with Crippen LogP contribution in [0.15, 0.2) is 41.5 Å². The first kappa shape index (κ1) is 19.2. The second kappa shape index (κ2) is 9.41. The molecule has 6 heteroatoms. The predicted molar refractivity (Wildman–Crippen MR) is 107 cm³/mol. The zero-order chi connectivity index (χ0) is 18.2. The fourth-order valence-corrected chi connectivity index (χ4v) is 3.08. The molecule has 5 nitrogen and oxygen atoms in total. The number of hydrogen-bond acceptors (Lipinski definition) is 4. The number of methoxy groups -OCH3 is 1. The molecule has 2 aromatic carbocycles. The number of nitrogens with zero attached hydrogens (tertiary/aromatic N) is 1. The topological polar surface area (TPSA) is 59.9 Å². The Morgan fingerprint density at radius 1 is 1.28 bits per heavy atom. The number of ether oxygens (including phenoxy) is 2. The molecule has 0 saturated carbocycles. The van der Waals surface area contributed by atoms with Crippen molar-refractivity contribution in [1.29, 1.82) is 0 Å². The lowest BCUT2D eigenvalue weighted by Crippen LogP contribution is -2.19. The maximum Gasteiger partial charge on any atom is 0.244 e. The zero-order valence-corrected chi connectivity index (χ0v) is 16.7. The summed E-state index contributed by atoms with van der Waals surface area (Å²) in [6.45, 7) is 4.47. The van der Waals surface area contributed by atoms with Crippen molar-refractivity contribution < 1.29 is 14.3 Å². The van der Waals surface area contributed by atoms with Crippen LogP contribution in [-0.4, -0.2) is 25.8 Å². The van der Waals surface area contributed by atoms with Gasteiger partial charge in [-0.1, -0.05) is 29.8 Å². The fourth-order valence-electron chi connectivity index (χ4n) is 2.23. The van der Waals surface area contributed by atoms with Gasteiger partial charge in [0.2, 0.25) is 5.91 Å². The molecule has 0 atom stereocenters. The van der Waals surface area contributed by atoms with Gasteiger partial charge in [-0.2, -0.15) is 5.10 Å². The van der Waals surface area contributed by atoms with Gasteiger partial charge in [-0.3, -0.25) is 4.79 Å². The van der Waals surface area contributed by atoms with Crippen molar-refractivity contribution in [2.24, 2.45) is 5.10 Å². The van der Waals surface area contributed by atoms with Gasteiger partial charge in [-0.15, -0.1) is 0 Å². The highest BCUT2D eigenvalue weighted by Crippen LogP contribution is 2.33.